The molecule has 0 bridgehead atoms. The van der Waals surface area contributed by atoms with Crippen LogP contribution in [0.15, 0.2) is 18.2 Å². The van der Waals surface area contributed by atoms with E-state index in [1.54, 1.807) is 25.1 Å². The first-order chi connectivity index (χ1) is 8.34. The monoisotopic (exact) mass is 286 g/mol. The molecule has 0 heterocycles. The van der Waals surface area contributed by atoms with Crippen LogP contribution in [0, 0.1) is 18.3 Å². The Bertz CT molecular complexity index is 605. The molecular weight excluding hydrogens is 276 g/mol. The Hall–Kier alpha value is -1.58. The molecule has 0 saturated carbocycles. The zero-order valence-corrected chi connectivity index (χ0v) is 11.2. The van der Waals surface area contributed by atoms with Crippen molar-refractivity contribution in [1.29, 1.82) is 5.26 Å². The fourth-order valence-corrected chi connectivity index (χ4v) is 2.30. The first-order valence-electron chi connectivity index (χ1n) is 4.97. The highest BCUT2D eigenvalue weighted by molar-refractivity contribution is 7.92. The molecule has 0 atom stereocenters. The molecule has 0 aliphatic carbocycles. The minimum absolute atomic E-state index is 0.497. The van der Waals surface area contributed by atoms with Crippen LogP contribution in [0.3, 0.4) is 0 Å². The van der Waals surface area contributed by atoms with E-state index in [0.717, 1.165) is 5.56 Å². The lowest BCUT2D eigenvalue weighted by Gasteiger charge is -2.08. The van der Waals surface area contributed by atoms with Gasteiger partial charge >= 0.3 is 0 Å². The second-order valence-corrected chi connectivity index (χ2v) is 6.20. The van der Waals surface area contributed by atoms with Gasteiger partial charge in [0.25, 0.3) is 0 Å². The van der Waals surface area contributed by atoms with E-state index in [-0.39, 0.29) is 0 Å². The minimum atomic E-state index is -3.67. The second-order valence-electron chi connectivity index (χ2n) is 3.70. The summed E-state index contributed by atoms with van der Waals surface area (Å²) in [4.78, 5) is 11.5. The third-order valence-corrected chi connectivity index (χ3v) is 3.60. The number of nitriles is 1. The van der Waals surface area contributed by atoms with Crippen LogP contribution in [-0.4, -0.2) is 25.8 Å². The van der Waals surface area contributed by atoms with Gasteiger partial charge in [0.2, 0.25) is 5.91 Å². The Morgan fingerprint density at radius 1 is 1.50 bits per heavy atom. The van der Waals surface area contributed by atoms with Gasteiger partial charge in [0, 0.05) is 10.7 Å². The van der Waals surface area contributed by atoms with E-state index in [1.165, 1.54) is 6.07 Å². The minimum Gasteiger partial charge on any atom is -0.325 e. The molecule has 0 saturated heterocycles. The van der Waals surface area contributed by atoms with Crippen molar-refractivity contribution in [2.75, 3.05) is 16.8 Å². The molecule has 0 aliphatic heterocycles. The van der Waals surface area contributed by atoms with Gasteiger partial charge in [-0.2, -0.15) is 5.26 Å². The molecule has 96 valence electrons. The fraction of sp³-hybridized carbons (Fsp3) is 0.273. The molecule has 0 fully saturated rings. The Kier molecular flexibility index (Phi) is 4.70. The summed E-state index contributed by atoms with van der Waals surface area (Å²) in [6.07, 6.45) is 0. The quantitative estimate of drug-likeness (QED) is 0.909. The van der Waals surface area contributed by atoms with E-state index in [1.807, 2.05) is 0 Å². The highest BCUT2D eigenvalue weighted by Gasteiger charge is 2.16. The van der Waals surface area contributed by atoms with E-state index in [2.05, 4.69) is 5.32 Å². The zero-order valence-electron chi connectivity index (χ0n) is 9.60. The van der Waals surface area contributed by atoms with Gasteiger partial charge in [-0.05, 0) is 30.7 Å². The first-order valence-corrected chi connectivity index (χ1v) is 7.17. The number of hydrogen-bond donors (Lipinski definition) is 1. The van der Waals surface area contributed by atoms with Crippen LogP contribution in [0.5, 0.6) is 0 Å². The fourth-order valence-electron chi connectivity index (χ4n) is 1.30. The zero-order chi connectivity index (χ0) is 13.8. The SMILES string of the molecule is Cc1cc(Cl)ccc1NC(=O)CS(=O)(=O)CC#N. The number of rotatable bonds is 4. The van der Waals surface area contributed by atoms with Gasteiger partial charge in [-0.3, -0.25) is 4.79 Å². The molecule has 0 aliphatic rings. The number of nitrogens with one attached hydrogen (secondary N) is 1. The number of anilines is 1. The molecule has 1 amide bonds. The maximum atomic E-state index is 11.5. The average Bonchev–Trinajstić information content (AvgIpc) is 2.21. The predicted octanol–water partition coefficient (Wildman–Crippen LogP) is 1.53. The van der Waals surface area contributed by atoms with Gasteiger partial charge in [-0.25, -0.2) is 8.42 Å². The largest absolute Gasteiger partial charge is 0.325 e. The number of carbonyl (C=O) groups excluding carboxylic acids is 1. The topological polar surface area (TPSA) is 87.0 Å². The van der Waals surface area contributed by atoms with Crippen LogP contribution in [0.1, 0.15) is 5.56 Å². The number of carbonyl (C=O) groups is 1. The number of benzene rings is 1. The molecule has 1 rings (SSSR count). The molecule has 0 radical (unpaired) electrons. The summed E-state index contributed by atoms with van der Waals surface area (Å²) >= 11 is 5.76. The van der Waals surface area contributed by atoms with Gasteiger partial charge in [0.1, 0.15) is 11.5 Å². The summed E-state index contributed by atoms with van der Waals surface area (Å²) in [6, 6.07) is 6.35. The molecule has 0 aromatic heterocycles. The summed E-state index contributed by atoms with van der Waals surface area (Å²) in [7, 11) is -3.67. The van der Waals surface area contributed by atoms with Gasteiger partial charge in [-0.1, -0.05) is 11.6 Å². The Morgan fingerprint density at radius 3 is 2.72 bits per heavy atom. The van der Waals surface area contributed by atoms with E-state index in [9.17, 15) is 13.2 Å². The molecule has 1 N–H and O–H groups in total. The van der Waals surface area contributed by atoms with Crippen LogP contribution in [0.4, 0.5) is 5.69 Å². The van der Waals surface area contributed by atoms with Crippen molar-refractivity contribution < 1.29 is 13.2 Å². The summed E-state index contributed by atoms with van der Waals surface area (Å²) in [5.74, 6) is -2.04. The van der Waals surface area contributed by atoms with Crippen LogP contribution < -0.4 is 5.32 Å². The lowest BCUT2D eigenvalue weighted by Crippen LogP contribution is -2.24. The Morgan fingerprint density at radius 2 is 2.17 bits per heavy atom. The maximum absolute atomic E-state index is 11.5. The number of aryl methyl sites for hydroxylation is 1. The predicted molar refractivity (Wildman–Crippen MR) is 69.1 cm³/mol. The normalized spacial score (nSPS) is 10.7. The molecule has 18 heavy (non-hydrogen) atoms. The van der Waals surface area contributed by atoms with Crippen molar-refractivity contribution in [2.45, 2.75) is 6.92 Å². The van der Waals surface area contributed by atoms with E-state index >= 15 is 0 Å². The average molecular weight is 287 g/mol. The standard InChI is InChI=1S/C11H11ClN2O3S/c1-8-6-9(12)2-3-10(8)14-11(15)7-18(16,17)5-4-13/h2-3,6H,5,7H2,1H3,(H,14,15). The highest BCUT2D eigenvalue weighted by Crippen LogP contribution is 2.19. The molecule has 1 aromatic rings. The van der Waals surface area contributed by atoms with Crippen molar-refractivity contribution in [3.63, 3.8) is 0 Å². The number of amides is 1. The van der Waals surface area contributed by atoms with E-state index in [4.69, 9.17) is 16.9 Å². The molecular formula is C11H11ClN2O3S. The summed E-state index contributed by atoms with van der Waals surface area (Å²) < 4.78 is 22.5. The van der Waals surface area contributed by atoms with Crippen molar-refractivity contribution in [1.82, 2.24) is 0 Å². The number of hydrogen-bond acceptors (Lipinski definition) is 4. The Labute approximate surface area is 110 Å². The maximum Gasteiger partial charge on any atom is 0.239 e. The summed E-state index contributed by atoms with van der Waals surface area (Å²) in [5.41, 5.74) is 1.23. The number of nitrogens with zero attached hydrogens (tertiary/aromatic N) is 1. The van der Waals surface area contributed by atoms with Gasteiger partial charge in [0.05, 0.1) is 6.07 Å². The van der Waals surface area contributed by atoms with Crippen molar-refractivity contribution in [2.24, 2.45) is 0 Å². The number of sulfone groups is 1. The smallest absolute Gasteiger partial charge is 0.239 e. The van der Waals surface area contributed by atoms with Gasteiger partial charge in [-0.15, -0.1) is 0 Å². The molecule has 0 unspecified atom stereocenters. The van der Waals surface area contributed by atoms with Crippen molar-refractivity contribution in [3.05, 3.63) is 28.8 Å². The third kappa shape index (κ3) is 4.35. The van der Waals surface area contributed by atoms with Crippen LogP contribution in [0.25, 0.3) is 0 Å². The van der Waals surface area contributed by atoms with Crippen molar-refractivity contribution in [3.8, 4) is 6.07 Å². The van der Waals surface area contributed by atoms with Gasteiger partial charge < -0.3 is 5.32 Å². The second kappa shape index (κ2) is 5.85. The molecule has 0 spiro atoms. The molecule has 5 nitrogen and oxygen atoms in total. The first kappa shape index (κ1) is 14.5. The highest BCUT2D eigenvalue weighted by atomic mass is 35.5. The van der Waals surface area contributed by atoms with Crippen molar-refractivity contribution >= 4 is 33.0 Å². The molecule has 7 heteroatoms. The Balaban J connectivity index is 2.75. The number of halogens is 1. The van der Waals surface area contributed by atoms with Gasteiger partial charge in [0.15, 0.2) is 9.84 Å². The molecule has 1 aromatic carbocycles. The summed E-state index contributed by atoms with van der Waals surface area (Å²) in [5, 5.41) is 11.3. The van der Waals surface area contributed by atoms with E-state index in [0.29, 0.717) is 10.7 Å². The van der Waals surface area contributed by atoms with E-state index < -0.39 is 27.3 Å². The van der Waals surface area contributed by atoms with Crippen LogP contribution >= 0.6 is 11.6 Å². The van der Waals surface area contributed by atoms with Crippen LogP contribution in [0.2, 0.25) is 5.02 Å². The lowest BCUT2D eigenvalue weighted by molar-refractivity contribution is -0.113. The third-order valence-electron chi connectivity index (χ3n) is 2.10. The summed E-state index contributed by atoms with van der Waals surface area (Å²) in [6.45, 7) is 1.74. The lowest BCUT2D eigenvalue weighted by atomic mass is 10.2. The van der Waals surface area contributed by atoms with Crippen LogP contribution in [-0.2, 0) is 14.6 Å².